The molecule has 1 amide bonds. The summed E-state index contributed by atoms with van der Waals surface area (Å²) in [7, 11) is -4.04. The highest BCUT2D eigenvalue weighted by Gasteiger charge is 2.19. The van der Waals surface area contributed by atoms with E-state index in [1.807, 2.05) is 48.1 Å². The van der Waals surface area contributed by atoms with Crippen molar-refractivity contribution in [1.82, 2.24) is 9.99 Å². The Balaban J connectivity index is 1.50. The van der Waals surface area contributed by atoms with Crippen LogP contribution in [-0.4, -0.2) is 31.7 Å². The van der Waals surface area contributed by atoms with E-state index in [1.165, 1.54) is 24.4 Å². The molecule has 9 heteroatoms. The van der Waals surface area contributed by atoms with Crippen molar-refractivity contribution in [1.29, 1.82) is 0 Å². The lowest BCUT2D eigenvalue weighted by atomic mass is 10.1. The molecule has 0 atom stereocenters. The van der Waals surface area contributed by atoms with Gasteiger partial charge in [0.25, 0.3) is 5.91 Å². The molecule has 0 radical (unpaired) electrons. The highest BCUT2D eigenvalue weighted by Crippen LogP contribution is 2.31. The lowest BCUT2D eigenvalue weighted by Gasteiger charge is -2.12. The molecule has 4 rings (SSSR count). The molecule has 3 aromatic carbocycles. The molecule has 0 spiro atoms. The SMILES string of the molecule is CCOc1cc(/C=N\NC(=O)c2ccccc2-n2cccc2)ccc1OS(=O)(=O)c1ccc(C)cc1. The molecule has 0 aliphatic rings. The van der Waals surface area contributed by atoms with Crippen LogP contribution in [-0.2, 0) is 10.1 Å². The zero-order valence-corrected chi connectivity index (χ0v) is 20.6. The van der Waals surface area contributed by atoms with Crippen molar-refractivity contribution < 1.29 is 22.1 Å². The number of carbonyl (C=O) groups excluding carboxylic acids is 1. The average Bonchev–Trinajstić information content (AvgIpc) is 3.41. The molecule has 1 N–H and O–H groups in total. The van der Waals surface area contributed by atoms with E-state index in [2.05, 4.69) is 10.5 Å². The number of nitrogens with one attached hydrogen (secondary N) is 1. The van der Waals surface area contributed by atoms with Crippen molar-refractivity contribution in [3.8, 4) is 17.2 Å². The standard InChI is InChI=1S/C27H25N3O5S/c1-3-34-26-18-21(12-15-25(26)35-36(32,33)22-13-10-20(2)11-14-22)19-28-29-27(31)23-8-4-5-9-24(23)30-16-6-7-17-30/h4-19H,3H2,1-2H3,(H,29,31)/b28-19-. The summed E-state index contributed by atoms with van der Waals surface area (Å²) in [5, 5.41) is 4.05. The number of benzene rings is 3. The first-order chi connectivity index (χ1) is 17.4. The maximum atomic E-state index is 12.7. The van der Waals surface area contributed by atoms with Crippen LogP contribution in [0.1, 0.15) is 28.4 Å². The van der Waals surface area contributed by atoms with Crippen LogP contribution < -0.4 is 14.3 Å². The second-order valence-corrected chi connectivity index (χ2v) is 9.34. The predicted octanol–water partition coefficient (Wildman–Crippen LogP) is 4.72. The smallest absolute Gasteiger partial charge is 0.339 e. The van der Waals surface area contributed by atoms with E-state index in [0.29, 0.717) is 17.7 Å². The molecule has 0 aliphatic carbocycles. The van der Waals surface area contributed by atoms with Gasteiger partial charge >= 0.3 is 10.1 Å². The number of amides is 1. The van der Waals surface area contributed by atoms with Crippen molar-refractivity contribution >= 4 is 22.2 Å². The first kappa shape index (κ1) is 24.7. The van der Waals surface area contributed by atoms with E-state index in [0.717, 1.165) is 11.3 Å². The lowest BCUT2D eigenvalue weighted by Crippen LogP contribution is -2.19. The molecular formula is C27H25N3O5S. The zero-order chi connectivity index (χ0) is 25.5. The van der Waals surface area contributed by atoms with Gasteiger partial charge in [0.2, 0.25) is 0 Å². The number of carbonyl (C=O) groups is 1. The van der Waals surface area contributed by atoms with Crippen LogP contribution in [0.15, 0.2) is 101 Å². The average molecular weight is 504 g/mol. The minimum atomic E-state index is -4.04. The molecule has 0 fully saturated rings. The number of nitrogens with zero attached hydrogens (tertiary/aromatic N) is 2. The van der Waals surface area contributed by atoms with Crippen LogP contribution in [0.25, 0.3) is 5.69 Å². The van der Waals surface area contributed by atoms with E-state index in [4.69, 9.17) is 8.92 Å². The minimum absolute atomic E-state index is 0.0455. The Morgan fingerprint density at radius 1 is 0.972 bits per heavy atom. The summed E-state index contributed by atoms with van der Waals surface area (Å²) in [5.41, 5.74) is 5.24. The molecule has 0 unspecified atom stereocenters. The maximum Gasteiger partial charge on any atom is 0.339 e. The van der Waals surface area contributed by atoms with Crippen LogP contribution in [0.2, 0.25) is 0 Å². The van der Waals surface area contributed by atoms with Crippen LogP contribution in [0.3, 0.4) is 0 Å². The third kappa shape index (κ3) is 5.81. The van der Waals surface area contributed by atoms with E-state index in [1.54, 1.807) is 43.3 Å². The Morgan fingerprint density at radius 2 is 1.69 bits per heavy atom. The van der Waals surface area contributed by atoms with Gasteiger partial charge in [-0.25, -0.2) is 5.43 Å². The number of hydrazone groups is 1. The molecular weight excluding hydrogens is 478 g/mol. The molecule has 184 valence electrons. The summed E-state index contributed by atoms with van der Waals surface area (Å²) in [6.45, 7) is 3.95. The number of para-hydroxylation sites is 1. The normalized spacial score (nSPS) is 11.4. The van der Waals surface area contributed by atoms with Crippen LogP contribution in [0.4, 0.5) is 0 Å². The fourth-order valence-corrected chi connectivity index (χ4v) is 4.36. The summed E-state index contributed by atoms with van der Waals surface area (Å²) in [6.07, 6.45) is 5.15. The highest BCUT2D eigenvalue weighted by molar-refractivity contribution is 7.87. The van der Waals surface area contributed by atoms with Crippen molar-refractivity contribution in [2.75, 3.05) is 6.61 Å². The number of hydrogen-bond acceptors (Lipinski definition) is 6. The van der Waals surface area contributed by atoms with Crippen LogP contribution in [0, 0.1) is 6.92 Å². The molecule has 4 aromatic rings. The van der Waals surface area contributed by atoms with E-state index >= 15 is 0 Å². The monoisotopic (exact) mass is 503 g/mol. The Hall–Kier alpha value is -4.37. The van der Waals surface area contributed by atoms with Crippen LogP contribution in [0.5, 0.6) is 11.5 Å². The number of hydrogen-bond donors (Lipinski definition) is 1. The van der Waals surface area contributed by atoms with Gasteiger partial charge in [0.15, 0.2) is 11.5 Å². The summed E-state index contributed by atoms with van der Waals surface area (Å²) < 4.78 is 38.2. The largest absolute Gasteiger partial charge is 0.490 e. The maximum absolute atomic E-state index is 12.7. The Morgan fingerprint density at radius 3 is 2.42 bits per heavy atom. The van der Waals surface area contributed by atoms with Crippen molar-refractivity contribution in [2.24, 2.45) is 5.10 Å². The van der Waals surface area contributed by atoms with E-state index < -0.39 is 10.1 Å². The number of aromatic nitrogens is 1. The summed E-state index contributed by atoms with van der Waals surface area (Å²) in [6, 6.07) is 22.0. The number of rotatable bonds is 9. The fourth-order valence-electron chi connectivity index (χ4n) is 3.42. The molecule has 36 heavy (non-hydrogen) atoms. The first-order valence-electron chi connectivity index (χ1n) is 11.2. The van der Waals surface area contributed by atoms with Gasteiger partial charge in [-0.1, -0.05) is 29.8 Å². The molecule has 0 bridgehead atoms. The quantitative estimate of drug-likeness (QED) is 0.203. The third-order valence-corrected chi connectivity index (χ3v) is 6.44. The minimum Gasteiger partial charge on any atom is -0.490 e. The molecule has 0 saturated carbocycles. The van der Waals surface area contributed by atoms with Gasteiger partial charge in [0.05, 0.1) is 24.1 Å². The van der Waals surface area contributed by atoms with E-state index in [-0.39, 0.29) is 22.3 Å². The van der Waals surface area contributed by atoms with Gasteiger partial charge in [0.1, 0.15) is 4.90 Å². The zero-order valence-electron chi connectivity index (χ0n) is 19.8. The second-order valence-electron chi connectivity index (χ2n) is 7.80. The number of aryl methyl sites for hydroxylation is 1. The van der Waals surface area contributed by atoms with Crippen molar-refractivity contribution in [2.45, 2.75) is 18.7 Å². The van der Waals surface area contributed by atoms with Gasteiger partial charge in [0, 0.05) is 12.4 Å². The summed E-state index contributed by atoms with van der Waals surface area (Å²) in [5.74, 6) is -0.0783. The van der Waals surface area contributed by atoms with Gasteiger partial charge in [-0.15, -0.1) is 0 Å². The topological polar surface area (TPSA) is 99.0 Å². The Labute approximate surface area is 209 Å². The van der Waals surface area contributed by atoms with Gasteiger partial charge in [-0.3, -0.25) is 4.79 Å². The molecule has 0 saturated heterocycles. The second kappa shape index (κ2) is 10.9. The molecule has 1 heterocycles. The first-order valence-corrected chi connectivity index (χ1v) is 12.6. The lowest BCUT2D eigenvalue weighted by molar-refractivity contribution is 0.0955. The summed E-state index contributed by atoms with van der Waals surface area (Å²) in [4.78, 5) is 12.8. The Kier molecular flexibility index (Phi) is 7.50. The molecule has 0 aliphatic heterocycles. The van der Waals surface area contributed by atoms with Crippen LogP contribution >= 0.6 is 0 Å². The third-order valence-electron chi connectivity index (χ3n) is 5.19. The highest BCUT2D eigenvalue weighted by atomic mass is 32.2. The van der Waals surface area contributed by atoms with Gasteiger partial charge < -0.3 is 13.5 Å². The predicted molar refractivity (Wildman–Crippen MR) is 137 cm³/mol. The fraction of sp³-hybridized carbons (Fsp3) is 0.111. The van der Waals surface area contributed by atoms with Crippen molar-refractivity contribution in [3.05, 3.63) is 108 Å². The summed E-state index contributed by atoms with van der Waals surface area (Å²) >= 11 is 0. The van der Waals surface area contributed by atoms with Gasteiger partial charge in [-0.05, 0) is 74.0 Å². The van der Waals surface area contributed by atoms with E-state index in [9.17, 15) is 13.2 Å². The molecule has 1 aromatic heterocycles. The Bertz CT molecular complexity index is 1480. The van der Waals surface area contributed by atoms with Gasteiger partial charge in [-0.2, -0.15) is 13.5 Å². The van der Waals surface area contributed by atoms with Crippen molar-refractivity contribution in [3.63, 3.8) is 0 Å². The number of ether oxygens (including phenoxy) is 1. The molecule has 8 nitrogen and oxygen atoms in total.